The van der Waals surface area contributed by atoms with E-state index in [1.54, 1.807) is 0 Å². The van der Waals surface area contributed by atoms with Gasteiger partial charge < -0.3 is 4.74 Å². The van der Waals surface area contributed by atoms with Gasteiger partial charge in [0.1, 0.15) is 6.10 Å². The maximum absolute atomic E-state index is 11.5. The van der Waals surface area contributed by atoms with Crippen LogP contribution in [0.3, 0.4) is 0 Å². The number of anilines is 1. The number of nitrogens with one attached hydrogen (secondary N) is 1. The van der Waals surface area contributed by atoms with Crippen LogP contribution in [0.25, 0.3) is 0 Å². The van der Waals surface area contributed by atoms with Crippen molar-refractivity contribution in [1.82, 2.24) is 0 Å². The van der Waals surface area contributed by atoms with Crippen molar-refractivity contribution in [3.63, 3.8) is 0 Å². The standard InChI is InChI=1S/C30H42N2O2/c1-6-16-29(4)17-14-27-25(26(29)15-19-31-32-28-10-8-7-9-21(28)2)12-11-23-20-24(34-22(3)33)13-18-30(23,27)5/h6-11,16,19,24-27,32H,12-15,17-18,20H2,1-5H3/b16-6+,31-19+/t24-,25-,26-,27-,29-,30-/m0/s1. The van der Waals surface area contributed by atoms with E-state index in [4.69, 9.17) is 4.74 Å². The largest absolute Gasteiger partial charge is 0.462 e. The van der Waals surface area contributed by atoms with Crippen LogP contribution in [0.1, 0.15) is 78.2 Å². The summed E-state index contributed by atoms with van der Waals surface area (Å²) < 4.78 is 5.60. The van der Waals surface area contributed by atoms with Crippen LogP contribution in [-0.2, 0) is 9.53 Å². The SMILES string of the molecule is C/C=C/[C@@]1(C)CC[C@H]2[C@@H](CC=C3C[C@@H](OC(C)=O)CC[C@@]32C)[C@@H]1C/C=N/Nc1ccccc1C. The Balaban J connectivity index is 1.54. The van der Waals surface area contributed by atoms with E-state index in [9.17, 15) is 4.79 Å². The lowest BCUT2D eigenvalue weighted by atomic mass is 9.47. The number of fused-ring (bicyclic) bond motifs is 3. The molecule has 3 aliphatic carbocycles. The van der Waals surface area contributed by atoms with Gasteiger partial charge in [0.2, 0.25) is 0 Å². The first kappa shape index (κ1) is 24.8. The number of ether oxygens (including phenoxy) is 1. The molecule has 3 aliphatic rings. The van der Waals surface area contributed by atoms with Crippen molar-refractivity contribution >= 4 is 17.9 Å². The smallest absolute Gasteiger partial charge is 0.302 e. The van der Waals surface area contributed by atoms with Crippen molar-refractivity contribution in [1.29, 1.82) is 0 Å². The summed E-state index contributed by atoms with van der Waals surface area (Å²) in [6, 6.07) is 8.28. The zero-order valence-electron chi connectivity index (χ0n) is 21.6. The first-order chi connectivity index (χ1) is 16.3. The van der Waals surface area contributed by atoms with Crippen LogP contribution >= 0.6 is 0 Å². The number of hydrazone groups is 1. The van der Waals surface area contributed by atoms with Crippen molar-refractivity contribution in [2.75, 3.05) is 5.43 Å². The average molecular weight is 463 g/mol. The summed E-state index contributed by atoms with van der Waals surface area (Å²) in [6.45, 7) is 10.7. The van der Waals surface area contributed by atoms with Crippen LogP contribution in [0.5, 0.6) is 0 Å². The number of rotatable bonds is 6. The van der Waals surface area contributed by atoms with E-state index in [1.807, 2.05) is 6.07 Å². The molecule has 0 bridgehead atoms. The maximum atomic E-state index is 11.5. The fourth-order valence-electron chi connectivity index (χ4n) is 7.32. The molecule has 4 nitrogen and oxygen atoms in total. The maximum Gasteiger partial charge on any atom is 0.302 e. The molecule has 6 atom stereocenters. The third-order valence-electron chi connectivity index (χ3n) is 9.16. The van der Waals surface area contributed by atoms with E-state index in [1.165, 1.54) is 30.9 Å². The molecule has 1 aromatic carbocycles. The summed E-state index contributed by atoms with van der Waals surface area (Å²) in [4.78, 5) is 11.5. The minimum absolute atomic E-state index is 0.0562. The molecule has 2 saturated carbocycles. The predicted octanol–water partition coefficient (Wildman–Crippen LogP) is 7.46. The Hall–Kier alpha value is -2.36. The van der Waals surface area contributed by atoms with Crippen molar-refractivity contribution in [2.24, 2.45) is 33.7 Å². The number of nitrogens with zero attached hydrogens (tertiary/aromatic N) is 1. The van der Waals surface area contributed by atoms with Gasteiger partial charge in [0, 0.05) is 19.6 Å². The summed E-state index contributed by atoms with van der Waals surface area (Å²) in [5.41, 5.74) is 7.49. The molecule has 1 N–H and O–H groups in total. The van der Waals surface area contributed by atoms with Gasteiger partial charge in [-0.3, -0.25) is 10.2 Å². The molecule has 2 fully saturated rings. The van der Waals surface area contributed by atoms with Gasteiger partial charge in [-0.25, -0.2) is 0 Å². The minimum atomic E-state index is -0.152. The molecule has 0 spiro atoms. The molecule has 0 saturated heterocycles. The molecule has 0 radical (unpaired) electrons. The Morgan fingerprint density at radius 3 is 2.76 bits per heavy atom. The van der Waals surface area contributed by atoms with Gasteiger partial charge in [-0.1, -0.05) is 55.8 Å². The Morgan fingerprint density at radius 2 is 2.03 bits per heavy atom. The zero-order chi connectivity index (χ0) is 24.3. The van der Waals surface area contributed by atoms with Gasteiger partial charge >= 0.3 is 5.97 Å². The summed E-state index contributed by atoms with van der Waals surface area (Å²) in [5, 5.41) is 4.63. The Labute approximate surface area is 205 Å². The molecular weight excluding hydrogens is 420 g/mol. The van der Waals surface area contributed by atoms with E-state index in [0.29, 0.717) is 17.8 Å². The number of hydrogen-bond donors (Lipinski definition) is 1. The van der Waals surface area contributed by atoms with Crippen LogP contribution in [0.4, 0.5) is 5.69 Å². The lowest BCUT2D eigenvalue weighted by Crippen LogP contribution is -2.50. The van der Waals surface area contributed by atoms with Gasteiger partial charge in [0.05, 0.1) is 5.69 Å². The highest BCUT2D eigenvalue weighted by atomic mass is 16.5. The highest BCUT2D eigenvalue weighted by molar-refractivity contribution is 5.66. The molecule has 184 valence electrons. The van der Waals surface area contributed by atoms with Gasteiger partial charge in [0.15, 0.2) is 0 Å². The molecule has 1 aromatic rings. The number of carbonyl (C=O) groups excluding carboxylic acids is 1. The van der Waals surface area contributed by atoms with Crippen LogP contribution in [-0.4, -0.2) is 18.3 Å². The number of esters is 1. The highest BCUT2D eigenvalue weighted by Gasteiger charge is 2.54. The zero-order valence-corrected chi connectivity index (χ0v) is 21.6. The monoisotopic (exact) mass is 462 g/mol. The van der Waals surface area contributed by atoms with Crippen LogP contribution in [0, 0.1) is 35.5 Å². The van der Waals surface area contributed by atoms with Gasteiger partial charge in [-0.2, -0.15) is 5.10 Å². The molecule has 0 heterocycles. The quantitative estimate of drug-likeness (QED) is 0.207. The number of benzene rings is 1. The number of aryl methyl sites for hydroxylation is 1. The second-order valence-electron chi connectivity index (χ2n) is 11.3. The van der Waals surface area contributed by atoms with Crippen molar-refractivity contribution in [3.05, 3.63) is 53.6 Å². The lowest BCUT2D eigenvalue weighted by molar-refractivity contribution is -0.148. The molecule has 4 rings (SSSR count). The summed E-state index contributed by atoms with van der Waals surface area (Å²) >= 11 is 0. The second-order valence-corrected chi connectivity index (χ2v) is 11.3. The minimum Gasteiger partial charge on any atom is -0.462 e. The molecule has 0 amide bonds. The molecule has 0 aliphatic heterocycles. The van der Waals surface area contributed by atoms with Crippen molar-refractivity contribution in [3.8, 4) is 0 Å². The van der Waals surface area contributed by atoms with Crippen LogP contribution in [0.2, 0.25) is 0 Å². The number of hydrogen-bond acceptors (Lipinski definition) is 4. The van der Waals surface area contributed by atoms with Gasteiger partial charge in [-0.15, -0.1) is 0 Å². The van der Waals surface area contributed by atoms with Gasteiger partial charge in [-0.05, 0) is 92.6 Å². The van der Waals surface area contributed by atoms with E-state index in [-0.39, 0.29) is 22.9 Å². The van der Waals surface area contributed by atoms with Crippen LogP contribution in [0.15, 0.2) is 53.2 Å². The molecular formula is C30H42N2O2. The Morgan fingerprint density at radius 1 is 1.24 bits per heavy atom. The Kier molecular flexibility index (Phi) is 7.35. The third-order valence-corrected chi connectivity index (χ3v) is 9.16. The van der Waals surface area contributed by atoms with E-state index >= 15 is 0 Å². The van der Waals surface area contributed by atoms with E-state index < -0.39 is 0 Å². The topological polar surface area (TPSA) is 50.7 Å². The number of para-hydroxylation sites is 1. The molecule has 34 heavy (non-hydrogen) atoms. The summed E-state index contributed by atoms with van der Waals surface area (Å²) in [7, 11) is 0. The normalized spacial score (nSPS) is 35.5. The second kappa shape index (κ2) is 10.1. The van der Waals surface area contributed by atoms with Crippen molar-refractivity contribution in [2.45, 2.75) is 85.7 Å². The van der Waals surface area contributed by atoms with E-state index in [2.05, 4.69) is 80.9 Å². The lowest BCUT2D eigenvalue weighted by Gasteiger charge is -2.58. The predicted molar refractivity (Wildman–Crippen MR) is 141 cm³/mol. The average Bonchev–Trinajstić information content (AvgIpc) is 2.79. The number of carbonyl (C=O) groups is 1. The fourth-order valence-corrected chi connectivity index (χ4v) is 7.32. The molecule has 0 unspecified atom stereocenters. The number of allylic oxidation sites excluding steroid dienone is 3. The third kappa shape index (κ3) is 4.87. The first-order valence-electron chi connectivity index (χ1n) is 13.1. The first-order valence-corrected chi connectivity index (χ1v) is 13.1. The summed E-state index contributed by atoms with van der Waals surface area (Å²) in [6.07, 6.45) is 17.0. The highest BCUT2D eigenvalue weighted by Crippen LogP contribution is 2.62. The summed E-state index contributed by atoms with van der Waals surface area (Å²) in [5.74, 6) is 1.75. The van der Waals surface area contributed by atoms with Gasteiger partial charge in [0.25, 0.3) is 0 Å². The van der Waals surface area contributed by atoms with E-state index in [0.717, 1.165) is 37.8 Å². The Bertz CT molecular complexity index is 980. The molecule has 4 heteroatoms. The van der Waals surface area contributed by atoms with Crippen molar-refractivity contribution < 1.29 is 9.53 Å². The fraction of sp³-hybridized carbons (Fsp3) is 0.600. The van der Waals surface area contributed by atoms with Crippen LogP contribution < -0.4 is 5.43 Å². The molecule has 0 aromatic heterocycles.